The molecule has 0 saturated heterocycles. The van der Waals surface area contributed by atoms with Gasteiger partial charge < -0.3 is 10.2 Å². The Balaban J connectivity index is 2.75. The molecule has 0 saturated carbocycles. The second-order valence-electron chi connectivity index (χ2n) is 4.43. The first kappa shape index (κ1) is 17.7. The van der Waals surface area contributed by atoms with Crippen molar-refractivity contribution in [3.8, 4) is 6.07 Å². The topological polar surface area (TPSA) is 56.1 Å². The Morgan fingerprint density at radius 2 is 1.95 bits per heavy atom. The minimum atomic E-state index is -0.345. The third kappa shape index (κ3) is 5.23. The summed E-state index contributed by atoms with van der Waals surface area (Å²) in [6.45, 7) is 8.48. The molecule has 1 amide bonds. The minimum absolute atomic E-state index is 0.0516. The van der Waals surface area contributed by atoms with E-state index >= 15 is 0 Å². The molecule has 0 bridgehead atoms. The third-order valence-corrected chi connectivity index (χ3v) is 3.61. The molecule has 0 heterocycles. The van der Waals surface area contributed by atoms with Gasteiger partial charge in [-0.1, -0.05) is 46.3 Å². The quantitative estimate of drug-likeness (QED) is 0.440. The third-order valence-electron chi connectivity index (χ3n) is 2.83. The number of nitrogens with one attached hydrogen (secondary N) is 1. The average Bonchev–Trinajstić information content (AvgIpc) is 2.52. The van der Waals surface area contributed by atoms with Crippen LogP contribution in [0.2, 0.25) is 0 Å². The number of amides is 1. The van der Waals surface area contributed by atoms with Crippen molar-refractivity contribution < 1.29 is 4.79 Å². The molecule has 5 heteroatoms. The Hall–Kier alpha value is -2.32. The van der Waals surface area contributed by atoms with E-state index in [9.17, 15) is 4.79 Å². The highest BCUT2D eigenvalue weighted by molar-refractivity contribution is 9.10. The molecule has 1 N–H and O–H groups in total. The van der Waals surface area contributed by atoms with Gasteiger partial charge in [-0.05, 0) is 11.6 Å². The zero-order valence-corrected chi connectivity index (χ0v) is 13.8. The first-order valence-corrected chi connectivity index (χ1v) is 7.51. The number of nitrogens with zero attached hydrogens (tertiary/aromatic N) is 2. The summed E-state index contributed by atoms with van der Waals surface area (Å²) in [6.07, 6.45) is 4.68. The van der Waals surface area contributed by atoms with Gasteiger partial charge in [0.2, 0.25) is 0 Å². The number of hydrogen-bond acceptors (Lipinski definition) is 3. The second kappa shape index (κ2) is 9.59. The fraction of sp³-hybridized carbons (Fsp3) is 0.176. The summed E-state index contributed by atoms with van der Waals surface area (Å²) in [5.41, 5.74) is 1.09. The normalized spacial score (nSPS) is 10.5. The molecule has 1 aromatic carbocycles. The highest BCUT2D eigenvalue weighted by atomic mass is 79.9. The van der Waals surface area contributed by atoms with E-state index in [0.29, 0.717) is 19.6 Å². The zero-order valence-electron chi connectivity index (χ0n) is 12.3. The number of carbonyl (C=O) groups excluding carboxylic acids is 1. The van der Waals surface area contributed by atoms with Gasteiger partial charge in [0, 0.05) is 30.3 Å². The molecular formula is C17H18BrN3O. The van der Waals surface area contributed by atoms with Gasteiger partial charge >= 0.3 is 0 Å². The van der Waals surface area contributed by atoms with Crippen LogP contribution in [0.15, 0.2) is 65.8 Å². The lowest BCUT2D eigenvalue weighted by Crippen LogP contribution is -2.32. The lowest BCUT2D eigenvalue weighted by molar-refractivity contribution is -0.125. The molecule has 0 aliphatic rings. The Bertz CT molecular complexity index is 607. The molecule has 22 heavy (non-hydrogen) atoms. The van der Waals surface area contributed by atoms with E-state index < -0.39 is 0 Å². The van der Waals surface area contributed by atoms with Crippen LogP contribution < -0.4 is 5.32 Å². The fourth-order valence-corrected chi connectivity index (χ4v) is 2.19. The van der Waals surface area contributed by atoms with Crippen LogP contribution in [-0.2, 0) is 11.3 Å². The van der Waals surface area contributed by atoms with Crippen molar-refractivity contribution in [3.05, 3.63) is 71.4 Å². The van der Waals surface area contributed by atoms with E-state index in [0.717, 1.165) is 10.0 Å². The van der Waals surface area contributed by atoms with Crippen LogP contribution in [0.1, 0.15) is 5.56 Å². The first-order valence-electron chi connectivity index (χ1n) is 6.72. The Kier molecular flexibility index (Phi) is 7.73. The van der Waals surface area contributed by atoms with E-state index in [1.54, 1.807) is 12.2 Å². The number of rotatable bonds is 8. The van der Waals surface area contributed by atoms with Crippen molar-refractivity contribution >= 4 is 21.8 Å². The van der Waals surface area contributed by atoms with Crippen molar-refractivity contribution in [2.75, 3.05) is 13.1 Å². The van der Waals surface area contributed by atoms with Gasteiger partial charge in [0.25, 0.3) is 5.91 Å². The highest BCUT2D eigenvalue weighted by Crippen LogP contribution is 2.15. The van der Waals surface area contributed by atoms with Gasteiger partial charge in [-0.15, -0.1) is 13.2 Å². The summed E-state index contributed by atoms with van der Waals surface area (Å²) < 4.78 is 0.973. The van der Waals surface area contributed by atoms with Gasteiger partial charge in [-0.3, -0.25) is 4.79 Å². The molecule has 0 spiro atoms. The van der Waals surface area contributed by atoms with Crippen molar-refractivity contribution in [3.63, 3.8) is 0 Å². The summed E-state index contributed by atoms with van der Waals surface area (Å²) in [6, 6.07) is 9.68. The number of halogens is 1. The van der Waals surface area contributed by atoms with Gasteiger partial charge in [-0.25, -0.2) is 0 Å². The molecule has 0 aliphatic carbocycles. The molecular weight excluding hydrogens is 342 g/mol. The standard InChI is InChI=1S/C17H18BrN3O/c1-3-9-21(10-4-2)17(22)15(11-19)13-20-12-14-7-5-6-8-16(14)18/h3-8,13,20H,1-2,9-10,12H2/b15-13-. The van der Waals surface area contributed by atoms with Gasteiger partial charge in [0.15, 0.2) is 0 Å². The van der Waals surface area contributed by atoms with E-state index in [2.05, 4.69) is 34.4 Å². The summed E-state index contributed by atoms with van der Waals surface area (Å²) in [7, 11) is 0. The predicted molar refractivity (Wildman–Crippen MR) is 91.7 cm³/mol. The maximum absolute atomic E-state index is 12.3. The van der Waals surface area contributed by atoms with E-state index in [1.807, 2.05) is 30.3 Å². The maximum Gasteiger partial charge on any atom is 0.266 e. The van der Waals surface area contributed by atoms with Crippen molar-refractivity contribution in [2.24, 2.45) is 0 Å². The Labute approximate surface area is 139 Å². The van der Waals surface area contributed by atoms with Crippen LogP contribution in [0.5, 0.6) is 0 Å². The summed E-state index contributed by atoms with van der Waals surface area (Å²) in [5, 5.41) is 12.2. The zero-order chi connectivity index (χ0) is 16.4. The number of hydrogen-bond donors (Lipinski definition) is 1. The van der Waals surface area contributed by atoms with Gasteiger partial charge in [0.1, 0.15) is 11.6 Å². The summed E-state index contributed by atoms with van der Waals surface area (Å²) in [5.74, 6) is -0.345. The molecule has 0 radical (unpaired) electrons. The van der Waals surface area contributed by atoms with Crippen molar-refractivity contribution in [2.45, 2.75) is 6.54 Å². The predicted octanol–water partition coefficient (Wildman–Crippen LogP) is 3.15. The maximum atomic E-state index is 12.3. The smallest absolute Gasteiger partial charge is 0.266 e. The van der Waals surface area contributed by atoms with Crippen LogP contribution >= 0.6 is 15.9 Å². The minimum Gasteiger partial charge on any atom is -0.386 e. The van der Waals surface area contributed by atoms with Crippen LogP contribution in [-0.4, -0.2) is 23.9 Å². The molecule has 1 aromatic rings. The molecule has 0 aromatic heterocycles. The number of nitriles is 1. The first-order chi connectivity index (χ1) is 10.6. The molecule has 0 unspecified atom stereocenters. The van der Waals surface area contributed by atoms with Crippen LogP contribution in [0.4, 0.5) is 0 Å². The molecule has 0 atom stereocenters. The summed E-state index contributed by atoms with van der Waals surface area (Å²) in [4.78, 5) is 13.7. The highest BCUT2D eigenvalue weighted by Gasteiger charge is 2.15. The van der Waals surface area contributed by atoms with Crippen LogP contribution in [0.25, 0.3) is 0 Å². The molecule has 1 rings (SSSR count). The van der Waals surface area contributed by atoms with E-state index in [-0.39, 0.29) is 11.5 Å². The molecule has 114 valence electrons. The van der Waals surface area contributed by atoms with Gasteiger partial charge in [-0.2, -0.15) is 5.26 Å². The number of carbonyl (C=O) groups is 1. The molecule has 0 aliphatic heterocycles. The van der Waals surface area contributed by atoms with Crippen molar-refractivity contribution in [1.82, 2.24) is 10.2 Å². The van der Waals surface area contributed by atoms with Crippen LogP contribution in [0, 0.1) is 11.3 Å². The van der Waals surface area contributed by atoms with Gasteiger partial charge in [0.05, 0.1) is 0 Å². The largest absolute Gasteiger partial charge is 0.386 e. The Morgan fingerprint density at radius 1 is 1.32 bits per heavy atom. The van der Waals surface area contributed by atoms with Crippen molar-refractivity contribution in [1.29, 1.82) is 5.26 Å². The fourth-order valence-electron chi connectivity index (χ4n) is 1.77. The van der Waals surface area contributed by atoms with Crippen LogP contribution in [0.3, 0.4) is 0 Å². The lowest BCUT2D eigenvalue weighted by atomic mass is 10.2. The SMILES string of the molecule is C=CCN(CC=C)C(=O)/C(C#N)=C\NCc1ccccc1Br. The lowest BCUT2D eigenvalue weighted by Gasteiger charge is -2.18. The number of benzene rings is 1. The monoisotopic (exact) mass is 359 g/mol. The van der Waals surface area contributed by atoms with E-state index in [1.165, 1.54) is 11.1 Å². The average molecular weight is 360 g/mol. The molecule has 0 fully saturated rings. The Morgan fingerprint density at radius 3 is 2.50 bits per heavy atom. The van der Waals surface area contributed by atoms with E-state index in [4.69, 9.17) is 5.26 Å². The molecule has 4 nitrogen and oxygen atoms in total. The second-order valence-corrected chi connectivity index (χ2v) is 5.28. The summed E-state index contributed by atoms with van der Waals surface area (Å²) >= 11 is 3.45.